The average Bonchev–Trinajstić information content (AvgIpc) is 2.29. The normalized spacial score (nSPS) is 12.5. The first kappa shape index (κ1) is 10.6. The van der Waals surface area contributed by atoms with Crippen molar-refractivity contribution in [2.75, 3.05) is 0 Å². The van der Waals surface area contributed by atoms with E-state index >= 15 is 0 Å². The Morgan fingerprint density at radius 1 is 1.46 bits per heavy atom. The Hall–Kier alpha value is -0.450. The Balaban J connectivity index is 3.10. The topological polar surface area (TPSA) is 17.8 Å². The highest BCUT2D eigenvalue weighted by molar-refractivity contribution is 9.10. The van der Waals surface area contributed by atoms with Crippen molar-refractivity contribution >= 4 is 15.9 Å². The number of hydrogen-bond donors (Lipinski definition) is 0. The minimum atomic E-state index is -2.53. The summed E-state index contributed by atoms with van der Waals surface area (Å²) in [5.41, 5.74) is -0.467. The molecule has 5 heteroatoms. The Morgan fingerprint density at radius 2 is 2.00 bits per heavy atom. The number of rotatable bonds is 1. The van der Waals surface area contributed by atoms with Crippen LogP contribution >= 0.6 is 15.9 Å². The van der Waals surface area contributed by atoms with Gasteiger partial charge in [0.25, 0.3) is 6.43 Å². The summed E-state index contributed by atoms with van der Waals surface area (Å²) >= 11 is 3.05. The van der Waals surface area contributed by atoms with Crippen LogP contribution in [0.25, 0.3) is 0 Å². The zero-order chi connectivity index (χ0) is 10.2. The third-order valence-corrected chi connectivity index (χ3v) is 2.20. The van der Waals surface area contributed by atoms with E-state index in [1.54, 1.807) is 6.20 Å². The maximum absolute atomic E-state index is 12.3. The molecule has 2 nitrogen and oxygen atoms in total. The highest BCUT2D eigenvalue weighted by Gasteiger charge is 2.21. The molecule has 0 bridgehead atoms. The molecule has 74 valence electrons. The quantitative estimate of drug-likeness (QED) is 0.750. The summed E-state index contributed by atoms with van der Waals surface area (Å²) in [5, 5.41) is 3.80. The molecule has 0 saturated heterocycles. The Bertz CT molecular complexity index is 302. The first-order valence-corrected chi connectivity index (χ1v) is 4.65. The Morgan fingerprint density at radius 3 is 2.23 bits per heavy atom. The van der Waals surface area contributed by atoms with E-state index < -0.39 is 6.43 Å². The molecule has 0 radical (unpaired) electrons. The lowest BCUT2D eigenvalue weighted by Gasteiger charge is -2.18. The second-order valence-corrected chi connectivity index (χ2v) is 4.63. The fourth-order valence-electron chi connectivity index (χ4n) is 0.858. The van der Waals surface area contributed by atoms with Crippen molar-refractivity contribution in [3.8, 4) is 0 Å². The van der Waals surface area contributed by atoms with Crippen molar-refractivity contribution in [3.05, 3.63) is 16.4 Å². The highest BCUT2D eigenvalue weighted by atomic mass is 79.9. The Kier molecular flexibility index (Phi) is 2.75. The van der Waals surface area contributed by atoms with Crippen LogP contribution in [0.5, 0.6) is 0 Å². The second-order valence-electron chi connectivity index (χ2n) is 3.78. The molecule has 0 aliphatic carbocycles. The largest absolute Gasteiger partial charge is 0.283 e. The summed E-state index contributed by atoms with van der Waals surface area (Å²) in [6.07, 6.45) is -0.959. The fraction of sp³-hybridized carbons (Fsp3) is 0.625. The van der Waals surface area contributed by atoms with Crippen LogP contribution < -0.4 is 0 Å². The molecule has 0 spiro atoms. The van der Waals surface area contributed by atoms with Crippen molar-refractivity contribution in [1.82, 2.24) is 9.78 Å². The monoisotopic (exact) mass is 252 g/mol. The molecule has 0 atom stereocenters. The molecule has 0 unspecified atom stereocenters. The molecule has 1 aromatic heterocycles. The minimum absolute atomic E-state index is 0.199. The number of alkyl halides is 2. The van der Waals surface area contributed by atoms with Crippen LogP contribution in [0.4, 0.5) is 8.78 Å². The van der Waals surface area contributed by atoms with Gasteiger partial charge in [0, 0.05) is 6.20 Å². The zero-order valence-corrected chi connectivity index (χ0v) is 9.27. The molecule has 0 fully saturated rings. The van der Waals surface area contributed by atoms with E-state index in [0.717, 1.165) is 0 Å². The van der Waals surface area contributed by atoms with Crippen LogP contribution in [0, 0.1) is 0 Å². The highest BCUT2D eigenvalue weighted by Crippen LogP contribution is 2.27. The van der Waals surface area contributed by atoms with E-state index in [1.807, 2.05) is 20.8 Å². The van der Waals surface area contributed by atoms with Crippen molar-refractivity contribution in [2.45, 2.75) is 32.7 Å². The van der Waals surface area contributed by atoms with Gasteiger partial charge in [-0.1, -0.05) is 0 Å². The van der Waals surface area contributed by atoms with Gasteiger partial charge in [-0.25, -0.2) is 8.78 Å². The van der Waals surface area contributed by atoms with Crippen LogP contribution in [0.3, 0.4) is 0 Å². The molecule has 1 aromatic rings. The summed E-state index contributed by atoms with van der Waals surface area (Å²) in [6.45, 7) is 5.71. The molecule has 0 aliphatic heterocycles. The molecule has 0 amide bonds. The number of nitrogens with zero attached hydrogens (tertiary/aromatic N) is 2. The van der Waals surface area contributed by atoms with E-state index in [9.17, 15) is 8.78 Å². The SMILES string of the molecule is CC(C)(C)n1cc(Br)c(C(F)F)n1. The van der Waals surface area contributed by atoms with Gasteiger partial charge in [-0.15, -0.1) is 0 Å². The van der Waals surface area contributed by atoms with Crippen LogP contribution in [-0.4, -0.2) is 9.78 Å². The molecule has 0 saturated carbocycles. The van der Waals surface area contributed by atoms with Gasteiger partial charge in [0.1, 0.15) is 5.69 Å². The maximum Gasteiger partial charge on any atom is 0.283 e. The van der Waals surface area contributed by atoms with Crippen molar-refractivity contribution in [1.29, 1.82) is 0 Å². The van der Waals surface area contributed by atoms with Gasteiger partial charge in [-0.2, -0.15) is 5.10 Å². The predicted molar refractivity (Wildman–Crippen MR) is 49.9 cm³/mol. The minimum Gasteiger partial charge on any atom is -0.266 e. The van der Waals surface area contributed by atoms with Gasteiger partial charge in [0.2, 0.25) is 0 Å². The van der Waals surface area contributed by atoms with Crippen LogP contribution in [0.1, 0.15) is 32.9 Å². The predicted octanol–water partition coefficient (Wildman–Crippen LogP) is 3.34. The molecular formula is C8H11BrF2N2. The smallest absolute Gasteiger partial charge is 0.266 e. The zero-order valence-electron chi connectivity index (χ0n) is 7.68. The van der Waals surface area contributed by atoms with Crippen molar-refractivity contribution in [2.24, 2.45) is 0 Å². The molecular weight excluding hydrogens is 242 g/mol. The first-order valence-electron chi connectivity index (χ1n) is 3.86. The summed E-state index contributed by atoms with van der Waals surface area (Å²) < 4.78 is 26.5. The second kappa shape index (κ2) is 3.36. The van der Waals surface area contributed by atoms with Crippen molar-refractivity contribution < 1.29 is 8.78 Å². The van der Waals surface area contributed by atoms with Gasteiger partial charge in [-0.05, 0) is 36.7 Å². The van der Waals surface area contributed by atoms with Crippen LogP contribution in [-0.2, 0) is 5.54 Å². The maximum atomic E-state index is 12.3. The van der Waals surface area contributed by atoms with E-state index in [0.29, 0.717) is 4.47 Å². The van der Waals surface area contributed by atoms with Gasteiger partial charge in [0.05, 0.1) is 10.0 Å². The fourth-order valence-corrected chi connectivity index (χ4v) is 1.30. The molecule has 0 aliphatic rings. The number of hydrogen-bond acceptors (Lipinski definition) is 1. The molecule has 0 aromatic carbocycles. The van der Waals surface area contributed by atoms with Gasteiger partial charge < -0.3 is 0 Å². The summed E-state index contributed by atoms with van der Waals surface area (Å²) in [4.78, 5) is 0. The summed E-state index contributed by atoms with van der Waals surface area (Å²) in [7, 11) is 0. The van der Waals surface area contributed by atoms with E-state index in [1.165, 1.54) is 4.68 Å². The lowest BCUT2D eigenvalue weighted by molar-refractivity contribution is 0.143. The standard InChI is InChI=1S/C8H11BrF2N2/c1-8(2,3)13-4-5(9)6(12-13)7(10)11/h4,7H,1-3H3. The lowest BCUT2D eigenvalue weighted by atomic mass is 10.1. The first-order chi connectivity index (χ1) is 5.82. The van der Waals surface area contributed by atoms with Gasteiger partial charge in [0.15, 0.2) is 0 Å². The van der Waals surface area contributed by atoms with E-state index in [-0.39, 0.29) is 11.2 Å². The van der Waals surface area contributed by atoms with Crippen LogP contribution in [0.2, 0.25) is 0 Å². The number of aromatic nitrogens is 2. The lowest BCUT2D eigenvalue weighted by Crippen LogP contribution is -2.22. The third-order valence-electron chi connectivity index (χ3n) is 1.59. The Labute approximate surface area is 84.1 Å². The summed E-state index contributed by atoms with van der Waals surface area (Å²) in [5.74, 6) is 0. The molecule has 1 heterocycles. The van der Waals surface area contributed by atoms with Crippen LogP contribution in [0.15, 0.2) is 10.7 Å². The number of halogens is 3. The third kappa shape index (κ3) is 2.27. The van der Waals surface area contributed by atoms with Gasteiger partial charge >= 0.3 is 0 Å². The summed E-state index contributed by atoms with van der Waals surface area (Å²) in [6, 6.07) is 0. The van der Waals surface area contributed by atoms with E-state index in [4.69, 9.17) is 0 Å². The van der Waals surface area contributed by atoms with Gasteiger partial charge in [-0.3, -0.25) is 4.68 Å². The molecule has 1 rings (SSSR count). The van der Waals surface area contributed by atoms with Crippen molar-refractivity contribution in [3.63, 3.8) is 0 Å². The molecule has 13 heavy (non-hydrogen) atoms. The van der Waals surface area contributed by atoms with E-state index in [2.05, 4.69) is 21.0 Å². The average molecular weight is 253 g/mol. The molecule has 0 N–H and O–H groups in total.